The van der Waals surface area contributed by atoms with E-state index in [1.54, 1.807) is 0 Å². The fourth-order valence-corrected chi connectivity index (χ4v) is 2.18. The molecule has 0 aromatic heterocycles. The van der Waals surface area contributed by atoms with Gasteiger partial charge in [-0.3, -0.25) is 0 Å². The lowest BCUT2D eigenvalue weighted by Gasteiger charge is -2.11. The highest BCUT2D eigenvalue weighted by Crippen LogP contribution is 2.37. The maximum atomic E-state index is 6.09. The highest BCUT2D eigenvalue weighted by molar-refractivity contribution is 7.98. The second-order valence-corrected chi connectivity index (χ2v) is 4.70. The van der Waals surface area contributed by atoms with E-state index in [1.807, 2.05) is 11.8 Å². The molecule has 0 aliphatic heterocycles. The van der Waals surface area contributed by atoms with Crippen LogP contribution in [0.2, 0.25) is 0 Å². The summed E-state index contributed by atoms with van der Waals surface area (Å²) in [6, 6.07) is 8.55. The molecule has 1 saturated carbocycles. The van der Waals surface area contributed by atoms with Crippen LogP contribution in [0.4, 0.5) is 0 Å². The van der Waals surface area contributed by atoms with Crippen LogP contribution >= 0.6 is 11.8 Å². The van der Waals surface area contributed by atoms with E-state index in [-0.39, 0.29) is 5.54 Å². The Labute approximate surface area is 83.7 Å². The summed E-state index contributed by atoms with van der Waals surface area (Å²) < 4.78 is 0. The summed E-state index contributed by atoms with van der Waals surface area (Å²) in [7, 11) is 0. The van der Waals surface area contributed by atoms with Gasteiger partial charge in [0, 0.05) is 10.4 Å². The van der Waals surface area contributed by atoms with Gasteiger partial charge in [-0.1, -0.05) is 18.2 Å². The smallest absolute Gasteiger partial charge is 0.0196 e. The summed E-state index contributed by atoms with van der Waals surface area (Å²) in [5, 5.41) is 0. The van der Waals surface area contributed by atoms with Crippen molar-refractivity contribution in [2.24, 2.45) is 5.73 Å². The Morgan fingerprint density at radius 1 is 1.38 bits per heavy atom. The molecular weight excluding hydrogens is 178 g/mol. The quantitative estimate of drug-likeness (QED) is 0.746. The van der Waals surface area contributed by atoms with Crippen molar-refractivity contribution in [1.82, 2.24) is 0 Å². The molecule has 1 aromatic rings. The number of thioether (sulfide) groups is 1. The maximum Gasteiger partial charge on any atom is 0.0196 e. The van der Waals surface area contributed by atoms with Gasteiger partial charge in [-0.2, -0.15) is 0 Å². The average Bonchev–Trinajstić information content (AvgIpc) is 2.84. The van der Waals surface area contributed by atoms with Crippen LogP contribution in [-0.2, 0) is 6.42 Å². The van der Waals surface area contributed by atoms with Crippen molar-refractivity contribution in [2.45, 2.75) is 29.7 Å². The Morgan fingerprint density at radius 3 is 2.69 bits per heavy atom. The zero-order valence-electron chi connectivity index (χ0n) is 7.92. The van der Waals surface area contributed by atoms with Crippen LogP contribution in [0.25, 0.3) is 0 Å². The zero-order valence-corrected chi connectivity index (χ0v) is 8.73. The van der Waals surface area contributed by atoms with Crippen LogP contribution in [0, 0.1) is 0 Å². The van der Waals surface area contributed by atoms with E-state index in [9.17, 15) is 0 Å². The van der Waals surface area contributed by atoms with E-state index in [4.69, 9.17) is 5.73 Å². The van der Waals surface area contributed by atoms with E-state index in [0.717, 1.165) is 6.42 Å². The van der Waals surface area contributed by atoms with Gasteiger partial charge in [0.1, 0.15) is 0 Å². The molecule has 1 aliphatic carbocycles. The van der Waals surface area contributed by atoms with Crippen LogP contribution in [0.5, 0.6) is 0 Å². The average molecular weight is 193 g/mol. The van der Waals surface area contributed by atoms with Crippen LogP contribution in [0.1, 0.15) is 18.4 Å². The van der Waals surface area contributed by atoms with E-state index >= 15 is 0 Å². The molecule has 0 unspecified atom stereocenters. The number of hydrogen-bond acceptors (Lipinski definition) is 2. The number of rotatable bonds is 3. The van der Waals surface area contributed by atoms with Gasteiger partial charge < -0.3 is 5.73 Å². The minimum absolute atomic E-state index is 0.131. The molecule has 1 fully saturated rings. The first-order chi connectivity index (χ1) is 6.23. The van der Waals surface area contributed by atoms with Gasteiger partial charge >= 0.3 is 0 Å². The molecule has 0 heterocycles. The summed E-state index contributed by atoms with van der Waals surface area (Å²) in [6.07, 6.45) is 5.55. The molecule has 0 spiro atoms. The molecule has 70 valence electrons. The second kappa shape index (κ2) is 3.35. The number of benzene rings is 1. The predicted octanol–water partition coefficient (Wildman–Crippen LogP) is 2.44. The third kappa shape index (κ3) is 2.06. The summed E-state index contributed by atoms with van der Waals surface area (Å²) in [6.45, 7) is 0. The van der Waals surface area contributed by atoms with Gasteiger partial charge in [0.05, 0.1) is 0 Å². The van der Waals surface area contributed by atoms with Crippen LogP contribution < -0.4 is 5.73 Å². The Bertz CT molecular complexity index is 305. The first-order valence-electron chi connectivity index (χ1n) is 4.64. The summed E-state index contributed by atoms with van der Waals surface area (Å²) >= 11 is 1.81. The summed E-state index contributed by atoms with van der Waals surface area (Å²) in [5.74, 6) is 0. The van der Waals surface area contributed by atoms with E-state index in [2.05, 4.69) is 30.5 Å². The number of hydrogen-bond donors (Lipinski definition) is 1. The second-order valence-electron chi connectivity index (χ2n) is 3.85. The fraction of sp³-hybridized carbons (Fsp3) is 0.455. The largest absolute Gasteiger partial charge is 0.325 e. The van der Waals surface area contributed by atoms with Crippen molar-refractivity contribution in [3.8, 4) is 0 Å². The Kier molecular flexibility index (Phi) is 2.35. The monoisotopic (exact) mass is 193 g/mol. The Morgan fingerprint density at radius 2 is 2.08 bits per heavy atom. The third-order valence-corrected chi connectivity index (χ3v) is 3.47. The lowest BCUT2D eigenvalue weighted by atomic mass is 10.1. The minimum Gasteiger partial charge on any atom is -0.325 e. The van der Waals surface area contributed by atoms with Crippen molar-refractivity contribution in [3.05, 3.63) is 29.8 Å². The molecule has 0 bridgehead atoms. The van der Waals surface area contributed by atoms with Gasteiger partial charge in [-0.05, 0) is 37.1 Å². The van der Waals surface area contributed by atoms with Crippen molar-refractivity contribution < 1.29 is 0 Å². The molecule has 2 rings (SSSR count). The number of nitrogens with two attached hydrogens (primary N) is 1. The first-order valence-corrected chi connectivity index (χ1v) is 5.87. The van der Waals surface area contributed by atoms with E-state index in [1.165, 1.54) is 23.3 Å². The minimum atomic E-state index is 0.131. The standard InChI is InChI=1S/C11H15NS/c1-13-10-5-3-2-4-9(10)8-11(12)6-7-11/h2-5H,6-8,12H2,1H3. The molecule has 0 amide bonds. The van der Waals surface area contributed by atoms with Crippen molar-refractivity contribution >= 4 is 11.8 Å². The highest BCUT2D eigenvalue weighted by Gasteiger charge is 2.38. The highest BCUT2D eigenvalue weighted by atomic mass is 32.2. The van der Waals surface area contributed by atoms with Gasteiger partial charge in [0.2, 0.25) is 0 Å². The van der Waals surface area contributed by atoms with Gasteiger partial charge in [-0.15, -0.1) is 11.8 Å². The van der Waals surface area contributed by atoms with Crippen LogP contribution in [-0.4, -0.2) is 11.8 Å². The SMILES string of the molecule is CSc1ccccc1CC1(N)CC1. The van der Waals surface area contributed by atoms with E-state index in [0.29, 0.717) is 0 Å². The molecule has 1 aromatic carbocycles. The lowest BCUT2D eigenvalue weighted by Crippen LogP contribution is -2.24. The molecule has 0 atom stereocenters. The van der Waals surface area contributed by atoms with E-state index < -0.39 is 0 Å². The molecule has 2 heteroatoms. The topological polar surface area (TPSA) is 26.0 Å². The molecule has 1 aliphatic rings. The van der Waals surface area contributed by atoms with Crippen molar-refractivity contribution in [2.75, 3.05) is 6.26 Å². The van der Waals surface area contributed by atoms with Gasteiger partial charge in [0.25, 0.3) is 0 Å². The molecule has 0 radical (unpaired) electrons. The third-order valence-electron chi connectivity index (χ3n) is 2.63. The van der Waals surface area contributed by atoms with Gasteiger partial charge in [0.15, 0.2) is 0 Å². The first kappa shape index (κ1) is 9.10. The van der Waals surface area contributed by atoms with Crippen molar-refractivity contribution in [1.29, 1.82) is 0 Å². The predicted molar refractivity (Wildman–Crippen MR) is 58.1 cm³/mol. The summed E-state index contributed by atoms with van der Waals surface area (Å²) in [4.78, 5) is 1.37. The molecule has 2 N–H and O–H groups in total. The molecule has 0 saturated heterocycles. The van der Waals surface area contributed by atoms with Crippen molar-refractivity contribution in [3.63, 3.8) is 0 Å². The molecular formula is C11H15NS. The molecule has 13 heavy (non-hydrogen) atoms. The van der Waals surface area contributed by atoms with Gasteiger partial charge in [-0.25, -0.2) is 0 Å². The summed E-state index contributed by atoms with van der Waals surface area (Å²) in [5.41, 5.74) is 7.64. The molecule has 1 nitrogen and oxygen atoms in total. The Balaban J connectivity index is 2.18. The Hall–Kier alpha value is -0.470. The van der Waals surface area contributed by atoms with Crippen LogP contribution in [0.3, 0.4) is 0 Å². The normalized spacial score (nSPS) is 18.6. The zero-order chi connectivity index (χ0) is 9.31. The lowest BCUT2D eigenvalue weighted by molar-refractivity contribution is 0.665. The fourth-order valence-electron chi connectivity index (χ4n) is 1.57. The van der Waals surface area contributed by atoms with Crippen LogP contribution in [0.15, 0.2) is 29.2 Å². The maximum absolute atomic E-state index is 6.09.